The summed E-state index contributed by atoms with van der Waals surface area (Å²) in [6.45, 7) is 12.5. The normalized spacial score (nSPS) is 15.4. The Morgan fingerprint density at radius 1 is 1.27 bits per heavy atom. The molecule has 0 aromatic heterocycles. The first-order valence-electron chi connectivity index (χ1n) is 4.05. The molecular weight excluding hydrogens is 152 g/mol. The van der Waals surface area contributed by atoms with Gasteiger partial charge in [0.15, 0.2) is 0 Å². The highest BCUT2D eigenvalue weighted by Gasteiger charge is 2.18. The van der Waals surface area contributed by atoms with Crippen molar-refractivity contribution in [1.29, 1.82) is 0 Å². The Morgan fingerprint density at radius 3 is 1.73 bits per heavy atom. The molecule has 0 amide bonds. The molecule has 0 fully saturated rings. The Kier molecular flexibility index (Phi) is 3.09. The summed E-state index contributed by atoms with van der Waals surface area (Å²) in [7, 11) is -1.15. The second-order valence-electron chi connectivity index (χ2n) is 4.75. The van der Waals surface area contributed by atoms with Gasteiger partial charge in [-0.1, -0.05) is 30.9 Å². The molecule has 0 unspecified atom stereocenters. The summed E-state index contributed by atoms with van der Waals surface area (Å²) in [6.07, 6.45) is 0. The lowest BCUT2D eigenvalue weighted by Gasteiger charge is -2.21. The van der Waals surface area contributed by atoms with Gasteiger partial charge < -0.3 is 5.11 Å². The van der Waals surface area contributed by atoms with Gasteiger partial charge in [-0.15, -0.1) is 0 Å². The Labute approximate surface area is 71.1 Å². The first kappa shape index (κ1) is 10.9. The lowest BCUT2D eigenvalue weighted by Crippen LogP contribution is -2.25. The van der Waals surface area contributed by atoms with Crippen LogP contribution < -0.4 is 0 Å². The van der Waals surface area contributed by atoms with Crippen molar-refractivity contribution in [3.8, 4) is 0 Å². The predicted octanol–water partition coefficient (Wildman–Crippen LogP) is 2.58. The van der Waals surface area contributed by atoms with Crippen LogP contribution in [0, 0.1) is 0 Å². The Balaban J connectivity index is 4.49. The molecule has 0 atom stereocenters. The van der Waals surface area contributed by atoms with Crippen LogP contribution in [0.1, 0.15) is 20.8 Å². The van der Waals surface area contributed by atoms with Crippen LogP contribution in [0.15, 0.2) is 11.3 Å². The summed E-state index contributed by atoms with van der Waals surface area (Å²) in [5.41, 5.74) is 2.70. The molecular formula is C9H20OSi. The Bertz CT molecular complexity index is 157. The SMILES string of the molecule is C/C(=C\[Si](C)(C)C)C(C)(C)O. The van der Waals surface area contributed by atoms with Gasteiger partial charge in [-0.05, 0) is 20.8 Å². The number of rotatable bonds is 2. The third kappa shape index (κ3) is 5.22. The van der Waals surface area contributed by atoms with Crippen molar-refractivity contribution in [1.82, 2.24) is 0 Å². The second kappa shape index (κ2) is 3.11. The molecule has 0 spiro atoms. The van der Waals surface area contributed by atoms with Crippen LogP contribution in [0.4, 0.5) is 0 Å². The van der Waals surface area contributed by atoms with E-state index in [0.717, 1.165) is 5.57 Å². The predicted molar refractivity (Wildman–Crippen MR) is 53.4 cm³/mol. The Hall–Kier alpha value is -0.0831. The molecule has 0 rings (SSSR count). The summed E-state index contributed by atoms with van der Waals surface area (Å²) < 4.78 is 0. The molecule has 2 heteroatoms. The highest BCUT2D eigenvalue weighted by atomic mass is 28.3. The van der Waals surface area contributed by atoms with Gasteiger partial charge in [0.1, 0.15) is 0 Å². The molecule has 1 N–H and O–H groups in total. The van der Waals surface area contributed by atoms with Crippen molar-refractivity contribution in [2.24, 2.45) is 0 Å². The fourth-order valence-corrected chi connectivity index (χ4v) is 2.48. The zero-order valence-corrected chi connectivity index (χ0v) is 9.52. The van der Waals surface area contributed by atoms with Crippen LogP contribution in [0.25, 0.3) is 0 Å². The van der Waals surface area contributed by atoms with Crippen molar-refractivity contribution in [3.63, 3.8) is 0 Å². The highest BCUT2D eigenvalue weighted by Crippen LogP contribution is 2.17. The van der Waals surface area contributed by atoms with Crippen LogP contribution in [-0.4, -0.2) is 18.8 Å². The zero-order valence-electron chi connectivity index (χ0n) is 8.52. The topological polar surface area (TPSA) is 20.2 Å². The first-order chi connectivity index (χ1) is 4.63. The molecule has 0 bridgehead atoms. The van der Waals surface area contributed by atoms with Crippen molar-refractivity contribution >= 4 is 8.07 Å². The first-order valence-corrected chi connectivity index (χ1v) is 7.63. The van der Waals surface area contributed by atoms with Gasteiger partial charge in [0.25, 0.3) is 0 Å². The van der Waals surface area contributed by atoms with Gasteiger partial charge in [-0.2, -0.15) is 0 Å². The third-order valence-corrected chi connectivity index (χ3v) is 2.91. The van der Waals surface area contributed by atoms with E-state index in [1.54, 1.807) is 0 Å². The Morgan fingerprint density at radius 2 is 1.64 bits per heavy atom. The van der Waals surface area contributed by atoms with Crippen molar-refractivity contribution in [2.75, 3.05) is 0 Å². The molecule has 0 saturated carbocycles. The molecule has 11 heavy (non-hydrogen) atoms. The molecule has 1 nitrogen and oxygen atoms in total. The maximum atomic E-state index is 9.60. The smallest absolute Gasteiger partial charge is 0.0794 e. The van der Waals surface area contributed by atoms with E-state index in [0.29, 0.717) is 0 Å². The summed E-state index contributed by atoms with van der Waals surface area (Å²) in [5, 5.41) is 9.60. The van der Waals surface area contributed by atoms with Gasteiger partial charge in [0, 0.05) is 0 Å². The molecule has 0 aromatic rings. The van der Waals surface area contributed by atoms with Crippen LogP contribution in [0.2, 0.25) is 19.6 Å². The minimum atomic E-state index is -1.15. The van der Waals surface area contributed by atoms with Crippen LogP contribution >= 0.6 is 0 Å². The van der Waals surface area contributed by atoms with Gasteiger partial charge in [0.05, 0.1) is 13.7 Å². The summed E-state index contributed by atoms with van der Waals surface area (Å²) in [6, 6.07) is 0. The van der Waals surface area contributed by atoms with E-state index >= 15 is 0 Å². The second-order valence-corrected chi connectivity index (χ2v) is 9.77. The zero-order chi connectivity index (χ0) is 9.28. The molecule has 0 saturated heterocycles. The average Bonchev–Trinajstić information content (AvgIpc) is 1.56. The fourth-order valence-electron chi connectivity index (χ4n) is 0.826. The summed E-state index contributed by atoms with van der Waals surface area (Å²) in [4.78, 5) is 0. The summed E-state index contributed by atoms with van der Waals surface area (Å²) >= 11 is 0. The van der Waals surface area contributed by atoms with E-state index in [9.17, 15) is 5.11 Å². The molecule has 0 aliphatic carbocycles. The number of hydrogen-bond donors (Lipinski definition) is 1. The molecule has 0 aliphatic heterocycles. The third-order valence-electron chi connectivity index (χ3n) is 1.61. The van der Waals surface area contributed by atoms with Gasteiger partial charge >= 0.3 is 0 Å². The van der Waals surface area contributed by atoms with Crippen LogP contribution in [0.3, 0.4) is 0 Å². The maximum Gasteiger partial charge on any atom is 0.0794 e. The van der Waals surface area contributed by atoms with Crippen LogP contribution in [-0.2, 0) is 0 Å². The maximum absolute atomic E-state index is 9.60. The van der Waals surface area contributed by atoms with Crippen molar-refractivity contribution in [2.45, 2.75) is 46.0 Å². The fraction of sp³-hybridized carbons (Fsp3) is 0.778. The van der Waals surface area contributed by atoms with E-state index in [2.05, 4.69) is 25.3 Å². The molecule has 0 radical (unpaired) electrons. The molecule has 0 heterocycles. The largest absolute Gasteiger partial charge is 0.386 e. The van der Waals surface area contributed by atoms with Crippen molar-refractivity contribution in [3.05, 3.63) is 11.3 Å². The molecule has 0 aromatic carbocycles. The number of hydrogen-bond acceptors (Lipinski definition) is 1. The van der Waals surface area contributed by atoms with Crippen LogP contribution in [0.5, 0.6) is 0 Å². The van der Waals surface area contributed by atoms with E-state index in [1.807, 2.05) is 20.8 Å². The monoisotopic (exact) mass is 172 g/mol. The van der Waals surface area contributed by atoms with Gasteiger partial charge in [0.2, 0.25) is 0 Å². The lowest BCUT2D eigenvalue weighted by atomic mass is 10.0. The highest BCUT2D eigenvalue weighted by molar-refractivity contribution is 6.81. The minimum absolute atomic E-state index is 0.639. The van der Waals surface area contributed by atoms with E-state index in [-0.39, 0.29) is 0 Å². The summed E-state index contributed by atoms with van der Waals surface area (Å²) in [5.74, 6) is 0. The van der Waals surface area contributed by atoms with E-state index in [1.165, 1.54) is 0 Å². The van der Waals surface area contributed by atoms with Gasteiger partial charge in [-0.3, -0.25) is 0 Å². The lowest BCUT2D eigenvalue weighted by molar-refractivity contribution is 0.120. The quantitative estimate of drug-likeness (QED) is 0.635. The standard InChI is InChI=1S/C9H20OSi/c1-8(9(2,3)10)7-11(4,5)6/h7,10H,1-6H3/b8-7+. The van der Waals surface area contributed by atoms with Gasteiger partial charge in [-0.25, -0.2) is 0 Å². The van der Waals surface area contributed by atoms with E-state index in [4.69, 9.17) is 0 Å². The van der Waals surface area contributed by atoms with Crippen molar-refractivity contribution < 1.29 is 5.11 Å². The van der Waals surface area contributed by atoms with E-state index < -0.39 is 13.7 Å². The molecule has 66 valence electrons. The molecule has 0 aliphatic rings. The average molecular weight is 172 g/mol. The number of aliphatic hydroxyl groups is 1. The minimum Gasteiger partial charge on any atom is -0.386 e.